The third kappa shape index (κ3) is 22.4. The molecule has 22 heteroatoms. The Morgan fingerprint density at radius 1 is 0.389 bits per heavy atom. The highest BCUT2D eigenvalue weighted by Gasteiger charge is 2.26. The van der Waals surface area contributed by atoms with Gasteiger partial charge < -0.3 is 50.6 Å². The van der Waals surface area contributed by atoms with Crippen LogP contribution >= 0.6 is 30.4 Å². The lowest BCUT2D eigenvalue weighted by Gasteiger charge is -2.31. The van der Waals surface area contributed by atoms with Gasteiger partial charge in [0, 0.05) is 65.4 Å². The van der Waals surface area contributed by atoms with E-state index in [4.69, 9.17) is 11.5 Å². The molecular weight excluding hydrogens is 568 g/mol. The molecule has 0 aromatic heterocycles. The highest BCUT2D eigenvalue weighted by Crippen LogP contribution is 2.38. The molecule has 0 saturated heterocycles. The van der Waals surface area contributed by atoms with Crippen molar-refractivity contribution >= 4 is 30.4 Å². The van der Waals surface area contributed by atoms with Gasteiger partial charge >= 0.3 is 30.4 Å². The Labute approximate surface area is 209 Å². The molecule has 0 rings (SSSR count). The molecule has 0 spiro atoms. The van der Waals surface area contributed by atoms with Crippen molar-refractivity contribution in [1.29, 1.82) is 0 Å². The number of nitrogens with two attached hydrogens (primary N) is 2. The van der Waals surface area contributed by atoms with Crippen LogP contribution in [0.3, 0.4) is 0 Å². The molecule has 0 unspecified atom stereocenters. The Morgan fingerprint density at radius 3 is 0.694 bits per heavy atom. The van der Waals surface area contributed by atoms with Gasteiger partial charge in [-0.25, -0.2) is 0 Å². The van der Waals surface area contributed by atoms with Gasteiger partial charge in [0.25, 0.3) is 0 Å². The molecule has 0 heterocycles. The number of hydrogen-bond donors (Lipinski definition) is 10. The average molecular weight is 608 g/mol. The Bertz CT molecular complexity index is 750. The zero-order chi connectivity index (χ0) is 28.2. The van der Waals surface area contributed by atoms with Crippen LogP contribution in [0.2, 0.25) is 0 Å². The molecular formula is C14H40N6O12P4. The highest BCUT2D eigenvalue weighted by atomic mass is 31.2. The topological polar surface area (TPSA) is 295 Å². The average Bonchev–Trinajstić information content (AvgIpc) is 2.63. The lowest BCUT2D eigenvalue weighted by atomic mass is 10.4. The van der Waals surface area contributed by atoms with Crippen molar-refractivity contribution in [3.63, 3.8) is 0 Å². The van der Waals surface area contributed by atoms with Gasteiger partial charge in [0.1, 0.15) is 25.1 Å². The third-order valence-corrected chi connectivity index (χ3v) is 7.70. The fraction of sp³-hybridized carbons (Fsp3) is 1.00. The summed E-state index contributed by atoms with van der Waals surface area (Å²) in [5.41, 5.74) is 10.9. The summed E-state index contributed by atoms with van der Waals surface area (Å²) in [6.45, 7) is 0.204. The first kappa shape index (κ1) is 36.4. The van der Waals surface area contributed by atoms with E-state index in [0.717, 1.165) is 0 Å². The predicted molar refractivity (Wildman–Crippen MR) is 132 cm³/mol. The molecule has 18 nitrogen and oxygen atoms in total. The van der Waals surface area contributed by atoms with Gasteiger partial charge in [0.2, 0.25) is 0 Å². The van der Waals surface area contributed by atoms with Gasteiger partial charge in [0.15, 0.2) is 0 Å². The fourth-order valence-electron chi connectivity index (χ4n) is 3.27. The number of nitrogens with zero attached hydrogens (tertiary/aromatic N) is 4. The summed E-state index contributed by atoms with van der Waals surface area (Å²) in [6.07, 6.45) is -2.62. The fourth-order valence-corrected chi connectivity index (χ4v) is 6.48. The highest BCUT2D eigenvalue weighted by molar-refractivity contribution is 7.52. The molecule has 0 fully saturated rings. The van der Waals surface area contributed by atoms with Crippen molar-refractivity contribution in [3.8, 4) is 0 Å². The van der Waals surface area contributed by atoms with Crippen molar-refractivity contribution in [2.24, 2.45) is 11.5 Å². The van der Waals surface area contributed by atoms with E-state index < -0.39 is 55.5 Å². The zero-order valence-corrected chi connectivity index (χ0v) is 23.4. The monoisotopic (exact) mass is 608 g/mol. The normalized spacial score (nSPS) is 14.1. The summed E-state index contributed by atoms with van der Waals surface area (Å²) >= 11 is 0. The van der Waals surface area contributed by atoms with E-state index in [1.165, 1.54) is 19.6 Å². The quantitative estimate of drug-likeness (QED) is 0.0569. The lowest BCUT2D eigenvalue weighted by molar-refractivity contribution is 0.178. The van der Waals surface area contributed by atoms with E-state index in [1.807, 2.05) is 0 Å². The van der Waals surface area contributed by atoms with Crippen molar-refractivity contribution < 1.29 is 57.4 Å². The Hall–Kier alpha value is 0.360. The Kier molecular flexibility index (Phi) is 16.6. The maximum atomic E-state index is 11.6. The molecule has 0 saturated carbocycles. The SMILES string of the molecule is NCCN(CCN(CCN(CCN(CCN)CP(=O)(O)O)CP(=O)(O)O)CP(=O)(O)O)CP(=O)(O)O. The van der Waals surface area contributed by atoms with Crippen molar-refractivity contribution in [2.45, 2.75) is 0 Å². The van der Waals surface area contributed by atoms with Crippen LogP contribution in [0.1, 0.15) is 0 Å². The molecule has 0 aromatic carbocycles. The Balaban J connectivity index is 5.38. The first-order valence-electron chi connectivity index (χ1n) is 10.7. The van der Waals surface area contributed by atoms with Crippen molar-refractivity contribution in [1.82, 2.24) is 19.6 Å². The summed E-state index contributed by atoms with van der Waals surface area (Å²) in [5, 5.41) is 0. The van der Waals surface area contributed by atoms with E-state index in [2.05, 4.69) is 0 Å². The van der Waals surface area contributed by atoms with E-state index in [-0.39, 0.29) is 65.4 Å². The third-order valence-electron chi connectivity index (χ3n) is 4.62. The maximum absolute atomic E-state index is 11.6. The summed E-state index contributed by atoms with van der Waals surface area (Å²) in [4.78, 5) is 79.8. The zero-order valence-electron chi connectivity index (χ0n) is 19.8. The standard InChI is InChI=1S/C14H40N6O12P4/c15-1-3-17(11-33(21,22)23)5-7-19(13-35(27,28)29)9-10-20(14-36(30,31)32)8-6-18(4-2-16)12-34(24,25)26/h1-16H2,(H2,21,22,23)(H2,24,25,26)(H2,27,28,29)(H2,30,31,32). The van der Waals surface area contributed by atoms with Crippen LogP contribution in [0, 0.1) is 0 Å². The Morgan fingerprint density at radius 2 is 0.556 bits per heavy atom. The maximum Gasteiger partial charge on any atom is 0.339 e. The predicted octanol–water partition coefficient (Wildman–Crippen LogP) is -3.35. The second kappa shape index (κ2) is 16.5. The molecule has 0 aliphatic carbocycles. The van der Waals surface area contributed by atoms with E-state index in [1.54, 1.807) is 0 Å². The minimum absolute atomic E-state index is 0.00731. The van der Waals surface area contributed by atoms with Gasteiger partial charge in [-0.15, -0.1) is 0 Å². The molecule has 0 aliphatic heterocycles. The van der Waals surface area contributed by atoms with Crippen LogP contribution < -0.4 is 11.5 Å². The smallest absolute Gasteiger partial charge is 0.329 e. The van der Waals surface area contributed by atoms with Gasteiger partial charge in [-0.2, -0.15) is 0 Å². The van der Waals surface area contributed by atoms with Gasteiger partial charge in [-0.1, -0.05) is 0 Å². The second-order valence-electron chi connectivity index (χ2n) is 8.27. The summed E-state index contributed by atoms with van der Waals surface area (Å²) in [5.74, 6) is 0. The molecule has 36 heavy (non-hydrogen) atoms. The van der Waals surface area contributed by atoms with Crippen LogP contribution in [0.4, 0.5) is 0 Å². The lowest BCUT2D eigenvalue weighted by Crippen LogP contribution is -2.43. The summed E-state index contributed by atoms with van der Waals surface area (Å²) < 4.78 is 45.9. The number of rotatable bonds is 21. The first-order valence-corrected chi connectivity index (χ1v) is 17.9. The van der Waals surface area contributed by atoms with Crippen molar-refractivity contribution in [2.75, 3.05) is 90.6 Å². The van der Waals surface area contributed by atoms with E-state index in [9.17, 15) is 57.4 Å². The minimum Gasteiger partial charge on any atom is -0.329 e. The van der Waals surface area contributed by atoms with Gasteiger partial charge in [0.05, 0.1) is 0 Å². The first-order chi connectivity index (χ1) is 16.2. The molecule has 0 bridgehead atoms. The second-order valence-corrected chi connectivity index (χ2v) is 14.7. The van der Waals surface area contributed by atoms with Crippen LogP contribution in [-0.4, -0.2) is 149 Å². The summed E-state index contributed by atoms with van der Waals surface area (Å²) in [7, 11) is -17.9. The molecule has 0 aliphatic rings. The van der Waals surface area contributed by atoms with Crippen LogP contribution in [0.15, 0.2) is 0 Å². The molecule has 0 atom stereocenters. The largest absolute Gasteiger partial charge is 0.339 e. The molecule has 218 valence electrons. The van der Waals surface area contributed by atoms with Gasteiger partial charge in [-0.3, -0.25) is 37.9 Å². The van der Waals surface area contributed by atoms with E-state index in [0.29, 0.717) is 0 Å². The molecule has 0 amide bonds. The summed E-state index contributed by atoms with van der Waals surface area (Å²) in [6, 6.07) is 0. The van der Waals surface area contributed by atoms with Crippen LogP contribution in [0.25, 0.3) is 0 Å². The van der Waals surface area contributed by atoms with Crippen LogP contribution in [-0.2, 0) is 18.3 Å². The minimum atomic E-state index is -4.55. The molecule has 0 radical (unpaired) electrons. The van der Waals surface area contributed by atoms with Crippen molar-refractivity contribution in [3.05, 3.63) is 0 Å². The van der Waals surface area contributed by atoms with Crippen LogP contribution in [0.5, 0.6) is 0 Å². The van der Waals surface area contributed by atoms with Gasteiger partial charge in [-0.05, 0) is 0 Å². The number of hydrogen-bond acceptors (Lipinski definition) is 10. The molecule has 12 N–H and O–H groups in total. The van der Waals surface area contributed by atoms with E-state index >= 15 is 0 Å². The molecule has 0 aromatic rings.